The second kappa shape index (κ2) is 5.36. The first-order valence-electron chi connectivity index (χ1n) is 6.43. The Bertz CT molecular complexity index is 640. The molecule has 0 radical (unpaired) electrons. The molecule has 0 aliphatic heterocycles. The number of anilines is 1. The lowest BCUT2D eigenvalue weighted by atomic mass is 10.2. The summed E-state index contributed by atoms with van der Waals surface area (Å²) in [5, 5.41) is 13.0. The van der Waals surface area contributed by atoms with Gasteiger partial charge in [-0.3, -0.25) is 0 Å². The van der Waals surface area contributed by atoms with E-state index in [0.29, 0.717) is 0 Å². The summed E-state index contributed by atoms with van der Waals surface area (Å²) in [4.78, 5) is 1.16. The molecule has 19 heavy (non-hydrogen) atoms. The van der Waals surface area contributed by atoms with Crippen molar-refractivity contribution in [1.82, 2.24) is 10.2 Å². The fourth-order valence-corrected chi connectivity index (χ4v) is 2.95. The smallest absolute Gasteiger partial charge is 0.148 e. The molecule has 96 valence electrons. The molecule has 0 amide bonds. The molecule has 0 bridgehead atoms. The molecular formula is C15H15N3S. The summed E-state index contributed by atoms with van der Waals surface area (Å²) in [7, 11) is 0. The van der Waals surface area contributed by atoms with E-state index in [2.05, 4.69) is 52.8 Å². The van der Waals surface area contributed by atoms with Gasteiger partial charge in [0.2, 0.25) is 0 Å². The lowest BCUT2D eigenvalue weighted by Gasteiger charge is -2.02. The van der Waals surface area contributed by atoms with Crippen LogP contribution in [0.1, 0.15) is 13.3 Å². The first-order chi connectivity index (χ1) is 9.36. The molecule has 0 aliphatic rings. The van der Waals surface area contributed by atoms with E-state index in [9.17, 15) is 0 Å². The summed E-state index contributed by atoms with van der Waals surface area (Å²) in [5.74, 6) is 0.840. The molecule has 3 aromatic rings. The molecule has 1 N–H and O–H groups in total. The number of nitrogens with zero attached hydrogens (tertiary/aromatic N) is 2. The summed E-state index contributed by atoms with van der Waals surface area (Å²) in [6, 6.07) is 14.6. The molecule has 4 heteroatoms. The van der Waals surface area contributed by atoms with Crippen LogP contribution in [0.2, 0.25) is 0 Å². The lowest BCUT2D eigenvalue weighted by Crippen LogP contribution is -2.02. The van der Waals surface area contributed by atoms with Crippen LogP contribution < -0.4 is 5.32 Å². The minimum absolute atomic E-state index is 0.840. The molecule has 0 unspecified atom stereocenters. The van der Waals surface area contributed by atoms with Crippen LogP contribution in [-0.4, -0.2) is 16.7 Å². The van der Waals surface area contributed by atoms with Crippen LogP contribution in [0, 0.1) is 0 Å². The van der Waals surface area contributed by atoms with E-state index in [1.807, 2.05) is 12.1 Å². The Morgan fingerprint density at radius 3 is 2.74 bits per heavy atom. The van der Waals surface area contributed by atoms with Crippen molar-refractivity contribution in [2.45, 2.75) is 13.3 Å². The fourth-order valence-electron chi connectivity index (χ4n) is 1.92. The Kier molecular flexibility index (Phi) is 3.42. The Morgan fingerprint density at radius 1 is 1.11 bits per heavy atom. The highest BCUT2D eigenvalue weighted by molar-refractivity contribution is 7.22. The Balaban J connectivity index is 1.88. The van der Waals surface area contributed by atoms with Gasteiger partial charge in [0.1, 0.15) is 11.5 Å². The molecule has 2 heterocycles. The number of rotatable bonds is 4. The molecule has 3 rings (SSSR count). The minimum atomic E-state index is 0.840. The molecule has 0 atom stereocenters. The third-order valence-electron chi connectivity index (χ3n) is 2.90. The van der Waals surface area contributed by atoms with Gasteiger partial charge >= 0.3 is 0 Å². The summed E-state index contributed by atoms with van der Waals surface area (Å²) in [6.45, 7) is 3.06. The van der Waals surface area contributed by atoms with Gasteiger partial charge in [0.05, 0.1) is 4.88 Å². The van der Waals surface area contributed by atoms with Crippen molar-refractivity contribution in [2.24, 2.45) is 0 Å². The SMILES string of the molecule is CCCNc1ccc(-c2cc3ccccc3s2)nn1. The van der Waals surface area contributed by atoms with Crippen LogP contribution in [-0.2, 0) is 0 Å². The van der Waals surface area contributed by atoms with Crippen LogP contribution in [0.4, 0.5) is 5.82 Å². The fraction of sp³-hybridized carbons (Fsp3) is 0.200. The zero-order valence-electron chi connectivity index (χ0n) is 10.8. The van der Waals surface area contributed by atoms with Gasteiger partial charge < -0.3 is 5.32 Å². The number of benzene rings is 1. The van der Waals surface area contributed by atoms with Gasteiger partial charge in [0, 0.05) is 11.2 Å². The molecule has 2 aromatic heterocycles. The van der Waals surface area contributed by atoms with E-state index >= 15 is 0 Å². The monoisotopic (exact) mass is 269 g/mol. The third kappa shape index (κ3) is 2.58. The van der Waals surface area contributed by atoms with Crippen LogP contribution in [0.15, 0.2) is 42.5 Å². The van der Waals surface area contributed by atoms with Crippen molar-refractivity contribution in [3.05, 3.63) is 42.5 Å². The van der Waals surface area contributed by atoms with E-state index in [0.717, 1.165) is 29.4 Å². The van der Waals surface area contributed by atoms with Crippen LogP contribution >= 0.6 is 11.3 Å². The maximum atomic E-state index is 4.30. The number of fused-ring (bicyclic) bond motifs is 1. The van der Waals surface area contributed by atoms with Crippen molar-refractivity contribution < 1.29 is 0 Å². The predicted octanol–water partition coefficient (Wildman–Crippen LogP) is 4.18. The summed E-state index contributed by atoms with van der Waals surface area (Å²) < 4.78 is 1.28. The van der Waals surface area contributed by atoms with Crippen LogP contribution in [0.25, 0.3) is 20.7 Å². The molecule has 0 saturated carbocycles. The van der Waals surface area contributed by atoms with Gasteiger partial charge in [-0.1, -0.05) is 25.1 Å². The topological polar surface area (TPSA) is 37.8 Å². The Labute approximate surface area is 116 Å². The second-order valence-corrected chi connectivity index (χ2v) is 5.46. The van der Waals surface area contributed by atoms with Crippen molar-refractivity contribution in [3.8, 4) is 10.6 Å². The molecule has 1 aromatic carbocycles. The molecule has 0 fully saturated rings. The van der Waals surface area contributed by atoms with Gasteiger partial charge in [0.15, 0.2) is 0 Å². The average molecular weight is 269 g/mol. The average Bonchev–Trinajstić information content (AvgIpc) is 2.89. The van der Waals surface area contributed by atoms with E-state index in [1.165, 1.54) is 10.1 Å². The number of hydrogen-bond acceptors (Lipinski definition) is 4. The highest BCUT2D eigenvalue weighted by Gasteiger charge is 2.05. The maximum absolute atomic E-state index is 4.30. The first kappa shape index (κ1) is 12.1. The van der Waals surface area contributed by atoms with Crippen molar-refractivity contribution in [3.63, 3.8) is 0 Å². The van der Waals surface area contributed by atoms with Crippen molar-refractivity contribution >= 4 is 27.2 Å². The largest absolute Gasteiger partial charge is 0.369 e. The normalized spacial score (nSPS) is 10.8. The highest BCUT2D eigenvalue weighted by atomic mass is 32.1. The zero-order chi connectivity index (χ0) is 13.1. The number of nitrogens with one attached hydrogen (secondary N) is 1. The lowest BCUT2D eigenvalue weighted by molar-refractivity contribution is 0.946. The van der Waals surface area contributed by atoms with Crippen molar-refractivity contribution in [1.29, 1.82) is 0 Å². The molecule has 0 aliphatic carbocycles. The van der Waals surface area contributed by atoms with Gasteiger partial charge in [0.25, 0.3) is 0 Å². The Hall–Kier alpha value is -1.94. The number of hydrogen-bond donors (Lipinski definition) is 1. The molecule has 0 saturated heterocycles. The van der Waals surface area contributed by atoms with Crippen LogP contribution in [0.5, 0.6) is 0 Å². The van der Waals surface area contributed by atoms with E-state index in [4.69, 9.17) is 0 Å². The maximum Gasteiger partial charge on any atom is 0.148 e. The molecule has 0 spiro atoms. The van der Waals surface area contributed by atoms with Crippen molar-refractivity contribution in [2.75, 3.05) is 11.9 Å². The Morgan fingerprint density at radius 2 is 2.00 bits per heavy atom. The molecular weight excluding hydrogens is 254 g/mol. The van der Waals surface area contributed by atoms with E-state index in [-0.39, 0.29) is 0 Å². The third-order valence-corrected chi connectivity index (χ3v) is 4.04. The second-order valence-electron chi connectivity index (χ2n) is 4.38. The quantitative estimate of drug-likeness (QED) is 0.772. The predicted molar refractivity (Wildman–Crippen MR) is 81.6 cm³/mol. The van der Waals surface area contributed by atoms with Gasteiger partial charge in [-0.05, 0) is 36.1 Å². The van der Waals surface area contributed by atoms with Crippen LogP contribution in [0.3, 0.4) is 0 Å². The standard InChI is InChI=1S/C15H15N3S/c1-2-9-16-15-8-7-12(17-18-15)14-10-11-5-3-4-6-13(11)19-14/h3-8,10H,2,9H2,1H3,(H,16,18). The van der Waals surface area contributed by atoms with E-state index < -0.39 is 0 Å². The summed E-state index contributed by atoms with van der Waals surface area (Å²) in [5.41, 5.74) is 0.934. The zero-order valence-corrected chi connectivity index (χ0v) is 11.6. The van der Waals surface area contributed by atoms with Gasteiger partial charge in [-0.15, -0.1) is 21.5 Å². The summed E-state index contributed by atoms with van der Waals surface area (Å²) in [6.07, 6.45) is 1.08. The summed E-state index contributed by atoms with van der Waals surface area (Å²) >= 11 is 1.75. The van der Waals surface area contributed by atoms with Gasteiger partial charge in [-0.25, -0.2) is 0 Å². The minimum Gasteiger partial charge on any atom is -0.369 e. The first-order valence-corrected chi connectivity index (χ1v) is 7.25. The van der Waals surface area contributed by atoms with Gasteiger partial charge in [-0.2, -0.15) is 0 Å². The number of aromatic nitrogens is 2. The van der Waals surface area contributed by atoms with E-state index in [1.54, 1.807) is 11.3 Å². The highest BCUT2D eigenvalue weighted by Crippen LogP contribution is 2.32. The number of thiophene rings is 1. The molecule has 3 nitrogen and oxygen atoms in total.